The molecule has 6 nitrogen and oxygen atoms in total. The Morgan fingerprint density at radius 2 is 1.81 bits per heavy atom. The number of aliphatic carboxylic acids is 1. The molecule has 1 saturated carbocycles. The normalized spacial score (nSPS) is 20.4. The number of nitrogens with one attached hydrogen (secondary N) is 1. The first-order valence-electron chi connectivity index (χ1n) is 9.07. The molecule has 6 N–H and O–H groups in total. The molecule has 0 bridgehead atoms. The monoisotopic (exact) mass is 420 g/mol. The van der Waals surface area contributed by atoms with Crippen LogP contribution in [0.5, 0.6) is 0 Å². The molecular formula is C18H31BCl2N2O4. The van der Waals surface area contributed by atoms with Crippen molar-refractivity contribution in [2.75, 3.05) is 6.54 Å². The van der Waals surface area contributed by atoms with Crippen molar-refractivity contribution in [3.8, 4) is 0 Å². The van der Waals surface area contributed by atoms with Crippen LogP contribution in [0.4, 0.5) is 0 Å². The Kier molecular flexibility index (Phi) is 12.2. The van der Waals surface area contributed by atoms with E-state index in [0.717, 1.165) is 25.8 Å². The standard InChI is InChI=1S/C18H29BN2O4.2ClH/c20-18(17(22)23,9-4-5-10-19(24)25)15-12-16(13-15)21-11-8-14-6-2-1-3-7-14;;/h1-3,6-7,15-16,21,24-25H,4-5,8-13,20H2,(H,22,23);2*1H. The number of benzene rings is 1. The molecule has 0 aromatic heterocycles. The summed E-state index contributed by atoms with van der Waals surface area (Å²) in [6, 6.07) is 10.6. The van der Waals surface area contributed by atoms with Gasteiger partial charge in [0.15, 0.2) is 0 Å². The second-order valence-electron chi connectivity index (χ2n) is 7.13. The highest BCUT2D eigenvalue weighted by molar-refractivity contribution is 6.40. The Bertz CT molecular complexity index is 547. The molecule has 0 aliphatic heterocycles. The average molecular weight is 421 g/mol. The van der Waals surface area contributed by atoms with Crippen LogP contribution in [0.25, 0.3) is 0 Å². The van der Waals surface area contributed by atoms with Crippen LogP contribution in [0.2, 0.25) is 6.32 Å². The summed E-state index contributed by atoms with van der Waals surface area (Å²) in [5.74, 6) is -0.983. The van der Waals surface area contributed by atoms with Gasteiger partial charge >= 0.3 is 13.1 Å². The van der Waals surface area contributed by atoms with Crippen molar-refractivity contribution >= 4 is 37.9 Å². The summed E-state index contributed by atoms with van der Waals surface area (Å²) < 4.78 is 0. The van der Waals surface area contributed by atoms with Gasteiger partial charge in [-0.25, -0.2) is 0 Å². The lowest BCUT2D eigenvalue weighted by molar-refractivity contribution is -0.148. The lowest BCUT2D eigenvalue weighted by Gasteiger charge is -2.45. The first kappa shape index (κ1) is 26.2. The van der Waals surface area contributed by atoms with Crippen molar-refractivity contribution in [1.82, 2.24) is 5.32 Å². The van der Waals surface area contributed by atoms with Gasteiger partial charge < -0.3 is 26.2 Å². The summed E-state index contributed by atoms with van der Waals surface area (Å²) in [4.78, 5) is 11.6. The van der Waals surface area contributed by atoms with E-state index in [9.17, 15) is 9.90 Å². The molecule has 1 atom stereocenters. The molecule has 0 amide bonds. The minimum absolute atomic E-state index is 0. The third-order valence-electron chi connectivity index (χ3n) is 5.26. The topological polar surface area (TPSA) is 116 Å². The fraction of sp³-hybridized carbons (Fsp3) is 0.611. The summed E-state index contributed by atoms with van der Waals surface area (Å²) in [6.07, 6.45) is 4.29. The molecule has 0 heterocycles. The molecule has 1 aromatic carbocycles. The van der Waals surface area contributed by atoms with Gasteiger partial charge in [0.2, 0.25) is 0 Å². The maximum absolute atomic E-state index is 11.6. The van der Waals surface area contributed by atoms with Gasteiger partial charge in [-0.1, -0.05) is 43.2 Å². The maximum Gasteiger partial charge on any atom is 0.451 e. The van der Waals surface area contributed by atoms with E-state index in [-0.39, 0.29) is 37.1 Å². The first-order chi connectivity index (χ1) is 11.9. The van der Waals surface area contributed by atoms with Crippen molar-refractivity contribution < 1.29 is 19.9 Å². The van der Waals surface area contributed by atoms with Crippen molar-refractivity contribution in [3.63, 3.8) is 0 Å². The van der Waals surface area contributed by atoms with Crippen molar-refractivity contribution in [3.05, 3.63) is 35.9 Å². The number of carbonyl (C=O) groups is 1. The van der Waals surface area contributed by atoms with Crippen molar-refractivity contribution in [2.45, 2.75) is 56.4 Å². The molecule has 1 unspecified atom stereocenters. The van der Waals surface area contributed by atoms with Crippen LogP contribution in [0.3, 0.4) is 0 Å². The van der Waals surface area contributed by atoms with Gasteiger partial charge in [0.1, 0.15) is 5.54 Å². The number of rotatable bonds is 11. The van der Waals surface area contributed by atoms with Gasteiger partial charge in [-0.3, -0.25) is 4.79 Å². The zero-order chi connectivity index (χ0) is 18.3. The van der Waals surface area contributed by atoms with Gasteiger partial charge in [0, 0.05) is 6.04 Å². The van der Waals surface area contributed by atoms with Crippen molar-refractivity contribution in [1.29, 1.82) is 0 Å². The van der Waals surface area contributed by atoms with Gasteiger partial charge in [-0.05, 0) is 50.0 Å². The summed E-state index contributed by atoms with van der Waals surface area (Å²) >= 11 is 0. The van der Waals surface area contributed by atoms with Crippen molar-refractivity contribution in [2.24, 2.45) is 11.7 Å². The van der Waals surface area contributed by atoms with Gasteiger partial charge in [-0.2, -0.15) is 0 Å². The van der Waals surface area contributed by atoms with Crippen LogP contribution >= 0.6 is 24.8 Å². The molecule has 1 fully saturated rings. The van der Waals surface area contributed by atoms with E-state index < -0.39 is 18.6 Å². The van der Waals surface area contributed by atoms with E-state index in [1.54, 1.807) is 0 Å². The van der Waals surface area contributed by atoms with Gasteiger partial charge in [-0.15, -0.1) is 24.8 Å². The van der Waals surface area contributed by atoms with Crippen LogP contribution in [0.15, 0.2) is 30.3 Å². The van der Waals surface area contributed by atoms with E-state index in [1.807, 2.05) is 18.2 Å². The number of carboxylic acids is 1. The average Bonchev–Trinajstić information content (AvgIpc) is 2.54. The summed E-state index contributed by atoms with van der Waals surface area (Å²) in [6.45, 7) is 0.875. The molecule has 1 aromatic rings. The Labute approximate surface area is 173 Å². The first-order valence-corrected chi connectivity index (χ1v) is 9.07. The lowest BCUT2D eigenvalue weighted by Crippen LogP contribution is -2.61. The SMILES string of the molecule is Cl.Cl.NC(CCCCB(O)O)(C(=O)O)C1CC(NCCc2ccccc2)C1. The molecule has 1 aliphatic rings. The van der Waals surface area contributed by atoms with Gasteiger partial charge in [0.05, 0.1) is 0 Å². The highest BCUT2D eigenvalue weighted by Gasteiger charge is 2.47. The third-order valence-corrected chi connectivity index (χ3v) is 5.26. The predicted octanol–water partition coefficient (Wildman–Crippen LogP) is 1.87. The molecule has 0 saturated heterocycles. The molecule has 154 valence electrons. The minimum Gasteiger partial charge on any atom is -0.480 e. The largest absolute Gasteiger partial charge is 0.480 e. The molecule has 2 rings (SSSR count). The fourth-order valence-corrected chi connectivity index (χ4v) is 3.50. The van der Waals surface area contributed by atoms with E-state index >= 15 is 0 Å². The number of hydrogen-bond acceptors (Lipinski definition) is 5. The predicted molar refractivity (Wildman–Crippen MR) is 113 cm³/mol. The number of nitrogens with two attached hydrogens (primary N) is 1. The minimum atomic E-state index is -1.33. The quantitative estimate of drug-likeness (QED) is 0.275. The molecule has 0 spiro atoms. The second-order valence-corrected chi connectivity index (χ2v) is 7.13. The molecule has 9 heteroatoms. The van der Waals surface area contributed by atoms with E-state index in [1.165, 1.54) is 5.56 Å². The molecule has 1 aliphatic carbocycles. The maximum atomic E-state index is 11.6. The highest BCUT2D eigenvalue weighted by atomic mass is 35.5. The summed E-state index contributed by atoms with van der Waals surface area (Å²) in [5, 5.41) is 30.7. The van der Waals surface area contributed by atoms with Gasteiger partial charge in [0.25, 0.3) is 0 Å². The van der Waals surface area contributed by atoms with Crippen LogP contribution in [-0.4, -0.2) is 46.4 Å². The van der Waals surface area contributed by atoms with Crippen LogP contribution in [0, 0.1) is 5.92 Å². The Morgan fingerprint density at radius 3 is 2.37 bits per heavy atom. The van der Waals surface area contributed by atoms with E-state index in [4.69, 9.17) is 15.8 Å². The van der Waals surface area contributed by atoms with E-state index in [0.29, 0.717) is 25.3 Å². The Morgan fingerprint density at radius 1 is 1.19 bits per heavy atom. The van der Waals surface area contributed by atoms with E-state index in [2.05, 4.69) is 17.4 Å². The van der Waals surface area contributed by atoms with Crippen LogP contribution < -0.4 is 11.1 Å². The van der Waals surface area contributed by atoms with Crippen LogP contribution in [-0.2, 0) is 11.2 Å². The van der Waals surface area contributed by atoms with Crippen LogP contribution in [0.1, 0.15) is 37.7 Å². The summed E-state index contributed by atoms with van der Waals surface area (Å²) in [5.41, 5.74) is 6.27. The highest BCUT2D eigenvalue weighted by Crippen LogP contribution is 2.38. The Balaban J connectivity index is 0.00000338. The molecule has 27 heavy (non-hydrogen) atoms. The number of carboxylic acid groups (broad SMARTS) is 1. The number of unbranched alkanes of at least 4 members (excludes halogenated alkanes) is 1. The second kappa shape index (κ2) is 12.6. The summed E-state index contributed by atoms with van der Waals surface area (Å²) in [7, 11) is -1.33. The number of hydrogen-bond donors (Lipinski definition) is 5. The molecular weight excluding hydrogens is 390 g/mol. The zero-order valence-electron chi connectivity index (χ0n) is 15.4. The Hall–Kier alpha value is -0.825. The molecule has 0 radical (unpaired) electrons. The fourth-order valence-electron chi connectivity index (χ4n) is 3.50. The lowest BCUT2D eigenvalue weighted by atomic mass is 9.66. The smallest absolute Gasteiger partial charge is 0.451 e. The zero-order valence-corrected chi connectivity index (χ0v) is 17.1. The third kappa shape index (κ3) is 7.98. The number of halogens is 2.